The molecule has 2 N–H and O–H groups in total. The van der Waals surface area contributed by atoms with Gasteiger partial charge in [0.15, 0.2) is 11.6 Å². The molecule has 0 saturated carbocycles. The topological polar surface area (TPSA) is 95.9 Å². The van der Waals surface area contributed by atoms with Crippen LogP contribution in [0.5, 0.6) is 5.75 Å². The number of nitrogens with zero attached hydrogens (tertiary/aromatic N) is 1. The Morgan fingerprint density at radius 1 is 1.17 bits per heavy atom. The molecule has 7 nitrogen and oxygen atoms in total. The molecule has 1 unspecified atom stereocenters. The molecule has 1 saturated heterocycles. The third-order valence-electron chi connectivity index (χ3n) is 5.11. The lowest BCUT2D eigenvalue weighted by Crippen LogP contribution is -2.36. The molecule has 2 heterocycles. The second-order valence-corrected chi connectivity index (χ2v) is 7.08. The number of hydrogen-bond acceptors (Lipinski definition) is 5. The molecule has 150 valence electrons. The third-order valence-corrected chi connectivity index (χ3v) is 5.11. The average molecular weight is 398 g/mol. The first-order chi connectivity index (χ1) is 13.9. The highest BCUT2D eigenvalue weighted by Crippen LogP contribution is 2.26. The van der Waals surface area contributed by atoms with Crippen LogP contribution in [0.3, 0.4) is 0 Å². The summed E-state index contributed by atoms with van der Waals surface area (Å²) in [4.78, 5) is 38.8. The molecule has 0 bridgehead atoms. The highest BCUT2D eigenvalue weighted by Gasteiger charge is 2.37. The van der Waals surface area contributed by atoms with Gasteiger partial charge in [-0.1, -0.05) is 6.07 Å². The van der Waals surface area contributed by atoms with Gasteiger partial charge < -0.3 is 15.2 Å². The van der Waals surface area contributed by atoms with Crippen LogP contribution >= 0.6 is 0 Å². The molecule has 29 heavy (non-hydrogen) atoms. The van der Waals surface area contributed by atoms with E-state index in [-0.39, 0.29) is 41.8 Å². The summed E-state index contributed by atoms with van der Waals surface area (Å²) >= 11 is 0. The van der Waals surface area contributed by atoms with Crippen LogP contribution in [0.4, 0.5) is 4.39 Å². The van der Waals surface area contributed by atoms with E-state index in [1.807, 2.05) is 0 Å². The lowest BCUT2D eigenvalue weighted by molar-refractivity contribution is 0.0475. The van der Waals surface area contributed by atoms with Crippen LogP contribution in [0, 0.1) is 5.82 Å². The van der Waals surface area contributed by atoms with Crippen molar-refractivity contribution in [3.05, 3.63) is 64.5 Å². The molecule has 2 aliphatic rings. The van der Waals surface area contributed by atoms with Gasteiger partial charge in [-0.05, 0) is 48.7 Å². The molecule has 0 spiro atoms. The van der Waals surface area contributed by atoms with Crippen LogP contribution in [-0.2, 0) is 11.3 Å². The quantitative estimate of drug-likeness (QED) is 0.753. The molecule has 0 aliphatic carbocycles. The first kappa shape index (κ1) is 19.1. The molecule has 0 radical (unpaired) electrons. The molecule has 8 heteroatoms. The summed E-state index contributed by atoms with van der Waals surface area (Å²) in [6, 6.07) is 8.18. The van der Waals surface area contributed by atoms with E-state index < -0.39 is 23.4 Å². The van der Waals surface area contributed by atoms with Gasteiger partial charge in [-0.2, -0.15) is 0 Å². The van der Waals surface area contributed by atoms with Crippen molar-refractivity contribution in [2.24, 2.45) is 0 Å². The number of hydrogen-bond donors (Lipinski definition) is 2. The maximum absolute atomic E-state index is 13.4. The second kappa shape index (κ2) is 7.63. The van der Waals surface area contributed by atoms with Gasteiger partial charge in [0.2, 0.25) is 0 Å². The van der Waals surface area contributed by atoms with Gasteiger partial charge in [-0.15, -0.1) is 0 Å². The predicted octanol–water partition coefficient (Wildman–Crippen LogP) is 2.24. The summed E-state index contributed by atoms with van der Waals surface area (Å²) in [5.74, 6) is -2.51. The van der Waals surface area contributed by atoms with Gasteiger partial charge >= 0.3 is 0 Å². The van der Waals surface area contributed by atoms with Crippen molar-refractivity contribution in [3.8, 4) is 5.75 Å². The van der Waals surface area contributed by atoms with Gasteiger partial charge in [0.1, 0.15) is 0 Å². The molecule has 0 aromatic heterocycles. The van der Waals surface area contributed by atoms with Crippen LogP contribution in [0.25, 0.3) is 0 Å². The number of nitrogens with one attached hydrogen (secondary N) is 1. The Labute approximate surface area is 166 Å². The van der Waals surface area contributed by atoms with Crippen molar-refractivity contribution in [3.63, 3.8) is 0 Å². The van der Waals surface area contributed by atoms with Crippen LogP contribution in [0.1, 0.15) is 49.5 Å². The highest BCUT2D eigenvalue weighted by molar-refractivity contribution is 6.22. The number of fused-ring (bicyclic) bond motifs is 1. The lowest BCUT2D eigenvalue weighted by atomic mass is 10.1. The van der Waals surface area contributed by atoms with Crippen molar-refractivity contribution in [2.45, 2.75) is 25.5 Å². The Kier molecular flexibility index (Phi) is 5.02. The number of halogens is 1. The fraction of sp³-hybridized carbons (Fsp3) is 0.286. The smallest absolute Gasteiger partial charge is 0.261 e. The second-order valence-electron chi connectivity index (χ2n) is 7.08. The first-order valence-electron chi connectivity index (χ1n) is 9.31. The minimum Gasteiger partial charge on any atom is -0.505 e. The summed E-state index contributed by atoms with van der Waals surface area (Å²) in [5.41, 5.74) is 1.16. The number of amides is 3. The summed E-state index contributed by atoms with van der Waals surface area (Å²) < 4.78 is 18.9. The zero-order valence-corrected chi connectivity index (χ0v) is 15.5. The minimum atomic E-state index is -0.773. The zero-order valence-electron chi connectivity index (χ0n) is 15.5. The Morgan fingerprint density at radius 3 is 2.69 bits per heavy atom. The van der Waals surface area contributed by atoms with E-state index in [2.05, 4.69) is 5.32 Å². The number of phenols is 1. The Hall–Kier alpha value is -3.26. The number of carbonyl (C=O) groups excluding carboxylic acids is 3. The highest BCUT2D eigenvalue weighted by atomic mass is 19.1. The van der Waals surface area contributed by atoms with Gasteiger partial charge in [0.05, 0.1) is 23.8 Å². The molecule has 3 amide bonds. The number of carbonyl (C=O) groups is 3. The lowest BCUT2D eigenvalue weighted by Gasteiger charge is -2.17. The predicted molar refractivity (Wildman–Crippen MR) is 100 cm³/mol. The summed E-state index contributed by atoms with van der Waals surface area (Å²) in [7, 11) is 0. The van der Waals surface area contributed by atoms with E-state index >= 15 is 0 Å². The average Bonchev–Trinajstić information content (AvgIpc) is 3.31. The summed E-state index contributed by atoms with van der Waals surface area (Å²) in [5, 5.41) is 11.8. The van der Waals surface area contributed by atoms with Crippen LogP contribution in [-0.4, -0.2) is 47.0 Å². The van der Waals surface area contributed by atoms with E-state index in [4.69, 9.17) is 4.74 Å². The fourth-order valence-corrected chi connectivity index (χ4v) is 3.53. The van der Waals surface area contributed by atoms with Crippen LogP contribution in [0.15, 0.2) is 36.4 Å². The maximum Gasteiger partial charge on any atom is 0.261 e. The number of rotatable bonds is 5. The standard InChI is InChI=1S/C21H19FN2O5/c22-17-8-12(3-6-18(17)25)10-23-19(26)13-4-5-15-16(9-13)21(28)24(20(15)27)11-14-2-1-7-29-14/h3-6,8-9,14,25H,1-2,7,10-11H2,(H,23,26). The van der Waals surface area contributed by atoms with E-state index in [1.165, 1.54) is 35.2 Å². The normalized spacial score (nSPS) is 18.2. The monoisotopic (exact) mass is 398 g/mol. The minimum absolute atomic E-state index is 0.0468. The molecule has 2 aromatic rings. The molecule has 1 fully saturated rings. The van der Waals surface area contributed by atoms with Crippen molar-refractivity contribution in [2.75, 3.05) is 13.2 Å². The number of benzene rings is 2. The van der Waals surface area contributed by atoms with E-state index in [0.717, 1.165) is 18.9 Å². The Balaban J connectivity index is 1.46. The molecule has 4 rings (SSSR count). The van der Waals surface area contributed by atoms with E-state index in [1.54, 1.807) is 0 Å². The van der Waals surface area contributed by atoms with Gasteiger partial charge in [0.25, 0.3) is 17.7 Å². The van der Waals surface area contributed by atoms with Crippen LogP contribution in [0.2, 0.25) is 0 Å². The van der Waals surface area contributed by atoms with Crippen molar-refractivity contribution in [1.29, 1.82) is 0 Å². The summed E-state index contributed by atoms with van der Waals surface area (Å²) in [6.07, 6.45) is 1.56. The fourth-order valence-electron chi connectivity index (χ4n) is 3.53. The number of phenolic OH excluding ortho intramolecular Hbond substituents is 1. The molecule has 2 aliphatic heterocycles. The molecule has 1 atom stereocenters. The Bertz CT molecular complexity index is 1000. The van der Waals surface area contributed by atoms with Gasteiger partial charge in [0, 0.05) is 18.7 Å². The summed E-state index contributed by atoms with van der Waals surface area (Å²) in [6.45, 7) is 0.883. The van der Waals surface area contributed by atoms with E-state index in [9.17, 15) is 23.9 Å². The molecular weight excluding hydrogens is 379 g/mol. The SMILES string of the molecule is O=C(NCc1ccc(O)c(F)c1)c1ccc2c(c1)C(=O)N(CC1CCCO1)C2=O. The Morgan fingerprint density at radius 2 is 1.97 bits per heavy atom. The largest absolute Gasteiger partial charge is 0.505 e. The number of aromatic hydroxyl groups is 1. The van der Waals surface area contributed by atoms with Crippen molar-refractivity contribution < 1.29 is 28.6 Å². The van der Waals surface area contributed by atoms with Crippen LogP contribution < -0.4 is 5.32 Å². The van der Waals surface area contributed by atoms with Gasteiger partial charge in [-0.25, -0.2) is 4.39 Å². The third kappa shape index (κ3) is 3.71. The number of imide groups is 1. The van der Waals surface area contributed by atoms with Crippen molar-refractivity contribution >= 4 is 17.7 Å². The van der Waals surface area contributed by atoms with Gasteiger partial charge in [-0.3, -0.25) is 19.3 Å². The first-order valence-corrected chi connectivity index (χ1v) is 9.31. The maximum atomic E-state index is 13.4. The molecular formula is C21H19FN2O5. The number of ether oxygens (including phenoxy) is 1. The zero-order chi connectivity index (χ0) is 20.5. The van der Waals surface area contributed by atoms with E-state index in [0.29, 0.717) is 12.2 Å². The van der Waals surface area contributed by atoms with Crippen molar-refractivity contribution in [1.82, 2.24) is 10.2 Å². The molecule has 2 aromatic carbocycles.